The molecule has 23 heavy (non-hydrogen) atoms. The summed E-state index contributed by atoms with van der Waals surface area (Å²) in [5.41, 5.74) is 0.627. The third-order valence-corrected chi connectivity index (χ3v) is 4.88. The molecule has 1 aromatic rings. The van der Waals surface area contributed by atoms with E-state index in [0.29, 0.717) is 10.7 Å². The minimum absolute atomic E-state index is 0.0516. The predicted octanol–water partition coefficient (Wildman–Crippen LogP) is 2.46. The number of carboxylic acid groups (broad SMARTS) is 1. The lowest BCUT2D eigenvalue weighted by molar-refractivity contribution is -0.145. The second-order valence-electron chi connectivity index (χ2n) is 5.45. The topological polar surface area (TPSA) is 86.7 Å². The number of amides is 2. The van der Waals surface area contributed by atoms with Gasteiger partial charge in [-0.15, -0.1) is 11.8 Å². The van der Waals surface area contributed by atoms with Crippen LogP contribution in [0, 0.1) is 0 Å². The highest BCUT2D eigenvalue weighted by Gasteiger charge is 2.31. The summed E-state index contributed by atoms with van der Waals surface area (Å²) in [6, 6.07) is 4.91. The van der Waals surface area contributed by atoms with Gasteiger partial charge in [-0.2, -0.15) is 0 Å². The fraction of sp³-hybridized carbons (Fsp3) is 0.400. The van der Waals surface area contributed by atoms with Gasteiger partial charge in [0.1, 0.15) is 6.54 Å². The zero-order valence-corrected chi connectivity index (χ0v) is 14.3. The minimum atomic E-state index is -1.08. The van der Waals surface area contributed by atoms with E-state index in [1.165, 1.54) is 16.7 Å². The zero-order chi connectivity index (χ0) is 17.1. The molecule has 0 fully saturated rings. The molecule has 1 aliphatic heterocycles. The number of hydrogen-bond acceptors (Lipinski definition) is 4. The van der Waals surface area contributed by atoms with Gasteiger partial charge in [0.15, 0.2) is 0 Å². The van der Waals surface area contributed by atoms with Crippen LogP contribution < -0.4 is 5.32 Å². The van der Waals surface area contributed by atoms with Crippen LogP contribution in [-0.2, 0) is 14.4 Å². The van der Waals surface area contributed by atoms with Gasteiger partial charge >= 0.3 is 5.97 Å². The van der Waals surface area contributed by atoms with Gasteiger partial charge < -0.3 is 15.3 Å². The highest BCUT2D eigenvalue weighted by Crippen LogP contribution is 2.38. The van der Waals surface area contributed by atoms with Crippen LogP contribution in [0.4, 0.5) is 5.69 Å². The molecule has 0 aliphatic carbocycles. The average molecular weight is 357 g/mol. The van der Waals surface area contributed by atoms with E-state index in [-0.39, 0.29) is 30.8 Å². The van der Waals surface area contributed by atoms with E-state index in [0.717, 1.165) is 4.90 Å². The van der Waals surface area contributed by atoms with Crippen molar-refractivity contribution in [3.8, 4) is 0 Å². The summed E-state index contributed by atoms with van der Waals surface area (Å²) >= 11 is 7.18. The first-order chi connectivity index (χ1) is 10.8. The van der Waals surface area contributed by atoms with Crippen LogP contribution in [0.15, 0.2) is 23.1 Å². The molecule has 0 saturated heterocycles. The first kappa shape index (κ1) is 17.6. The first-order valence-corrected chi connectivity index (χ1v) is 8.32. The summed E-state index contributed by atoms with van der Waals surface area (Å²) in [6.45, 7) is 3.11. The second-order valence-corrected chi connectivity index (χ2v) is 7.13. The summed E-state index contributed by atoms with van der Waals surface area (Å²) in [4.78, 5) is 37.5. The maximum atomic E-state index is 12.3. The van der Waals surface area contributed by atoms with Gasteiger partial charge in [0.05, 0.1) is 10.9 Å². The number of thioether (sulfide) groups is 1. The fourth-order valence-electron chi connectivity index (χ4n) is 2.24. The Labute approximate surface area is 143 Å². The number of benzene rings is 1. The van der Waals surface area contributed by atoms with Crippen molar-refractivity contribution in [2.45, 2.75) is 36.5 Å². The van der Waals surface area contributed by atoms with E-state index in [2.05, 4.69) is 5.32 Å². The molecule has 0 radical (unpaired) electrons. The zero-order valence-electron chi connectivity index (χ0n) is 12.7. The Kier molecular flexibility index (Phi) is 5.54. The van der Waals surface area contributed by atoms with E-state index in [4.69, 9.17) is 16.7 Å². The largest absolute Gasteiger partial charge is 0.480 e. The first-order valence-electron chi connectivity index (χ1n) is 7.06. The van der Waals surface area contributed by atoms with Crippen molar-refractivity contribution < 1.29 is 19.5 Å². The van der Waals surface area contributed by atoms with E-state index >= 15 is 0 Å². The van der Waals surface area contributed by atoms with Gasteiger partial charge in [-0.05, 0) is 32.0 Å². The van der Waals surface area contributed by atoms with Crippen molar-refractivity contribution >= 4 is 46.8 Å². The third-order valence-electron chi connectivity index (χ3n) is 3.37. The Morgan fingerprint density at radius 1 is 1.43 bits per heavy atom. The lowest BCUT2D eigenvalue weighted by atomic mass is 10.2. The quantitative estimate of drug-likeness (QED) is 0.846. The van der Waals surface area contributed by atoms with E-state index in [1.54, 1.807) is 32.0 Å². The molecule has 0 spiro atoms. The van der Waals surface area contributed by atoms with Crippen LogP contribution in [0.2, 0.25) is 5.02 Å². The number of anilines is 1. The van der Waals surface area contributed by atoms with Crippen LogP contribution in [-0.4, -0.2) is 45.6 Å². The third kappa shape index (κ3) is 4.39. The maximum Gasteiger partial charge on any atom is 0.323 e. The summed E-state index contributed by atoms with van der Waals surface area (Å²) in [7, 11) is 0. The Hall–Kier alpha value is -1.73. The Morgan fingerprint density at radius 3 is 2.74 bits per heavy atom. The van der Waals surface area contributed by atoms with Crippen LogP contribution in [0.1, 0.15) is 20.3 Å². The molecule has 1 unspecified atom stereocenters. The van der Waals surface area contributed by atoms with Crippen LogP contribution in [0.3, 0.4) is 0 Å². The number of carbonyl (C=O) groups excluding carboxylic acids is 2. The van der Waals surface area contributed by atoms with Crippen LogP contribution >= 0.6 is 23.4 Å². The molecular weight excluding hydrogens is 340 g/mol. The number of carboxylic acids is 1. The average Bonchev–Trinajstić information content (AvgIpc) is 2.45. The van der Waals surface area contributed by atoms with Gasteiger partial charge in [-0.1, -0.05) is 11.6 Å². The molecule has 2 N–H and O–H groups in total. The summed E-state index contributed by atoms with van der Waals surface area (Å²) < 4.78 is 0. The number of carbonyl (C=O) groups is 3. The molecule has 2 amide bonds. The summed E-state index contributed by atoms with van der Waals surface area (Å²) in [6.07, 6.45) is -0.0516. The number of hydrogen-bond donors (Lipinski definition) is 2. The predicted molar refractivity (Wildman–Crippen MR) is 88.8 cm³/mol. The molecule has 0 saturated carbocycles. The van der Waals surface area contributed by atoms with Crippen molar-refractivity contribution in [2.75, 3.05) is 11.9 Å². The molecule has 1 aliphatic rings. The molecule has 0 aromatic heterocycles. The second kappa shape index (κ2) is 7.23. The number of halogens is 1. The van der Waals surface area contributed by atoms with Gasteiger partial charge in [0.25, 0.3) is 0 Å². The van der Waals surface area contributed by atoms with E-state index in [9.17, 15) is 14.4 Å². The molecular formula is C15H17ClN2O4S. The molecule has 0 bridgehead atoms. The SMILES string of the molecule is CC(C)N(CC(=O)O)C(=O)CC1Sc2ccc(Cl)cc2NC1=O. The maximum absolute atomic E-state index is 12.3. The number of nitrogens with one attached hydrogen (secondary N) is 1. The molecule has 8 heteroatoms. The van der Waals surface area contributed by atoms with Crippen LogP contribution in [0.5, 0.6) is 0 Å². The highest BCUT2D eigenvalue weighted by molar-refractivity contribution is 8.01. The summed E-state index contributed by atoms with van der Waals surface area (Å²) in [5, 5.41) is 11.6. The molecule has 124 valence electrons. The monoisotopic (exact) mass is 356 g/mol. The van der Waals surface area contributed by atoms with Crippen LogP contribution in [0.25, 0.3) is 0 Å². The van der Waals surface area contributed by atoms with Crippen molar-refractivity contribution in [1.29, 1.82) is 0 Å². The molecule has 1 atom stereocenters. The van der Waals surface area contributed by atoms with Crippen molar-refractivity contribution in [3.63, 3.8) is 0 Å². The van der Waals surface area contributed by atoms with Gasteiger partial charge in [0.2, 0.25) is 11.8 Å². The van der Waals surface area contributed by atoms with Crippen molar-refractivity contribution in [1.82, 2.24) is 4.90 Å². The lowest BCUT2D eigenvalue weighted by Gasteiger charge is -2.28. The van der Waals surface area contributed by atoms with Gasteiger partial charge in [0, 0.05) is 22.4 Å². The standard InChI is InChI=1S/C15H17ClN2O4S/c1-8(2)18(7-14(20)21)13(19)6-12-15(22)17-10-5-9(16)3-4-11(10)23-12/h3-5,8,12H,6-7H2,1-2H3,(H,17,22)(H,20,21). The molecule has 6 nitrogen and oxygen atoms in total. The minimum Gasteiger partial charge on any atom is -0.480 e. The number of aliphatic carboxylic acids is 1. The van der Waals surface area contributed by atoms with E-state index in [1.807, 2.05) is 0 Å². The Balaban J connectivity index is 2.10. The number of nitrogens with zero attached hydrogens (tertiary/aromatic N) is 1. The van der Waals surface area contributed by atoms with E-state index < -0.39 is 11.2 Å². The number of rotatable bonds is 5. The molecule has 1 aromatic carbocycles. The normalized spacial score (nSPS) is 16.7. The Bertz CT molecular complexity index is 650. The van der Waals surface area contributed by atoms with Gasteiger partial charge in [-0.3, -0.25) is 14.4 Å². The lowest BCUT2D eigenvalue weighted by Crippen LogP contribution is -2.43. The van der Waals surface area contributed by atoms with Gasteiger partial charge in [-0.25, -0.2) is 0 Å². The van der Waals surface area contributed by atoms with Crippen molar-refractivity contribution in [2.24, 2.45) is 0 Å². The Morgan fingerprint density at radius 2 is 2.13 bits per heavy atom. The van der Waals surface area contributed by atoms with Crippen molar-refractivity contribution in [3.05, 3.63) is 23.2 Å². The smallest absolute Gasteiger partial charge is 0.323 e. The fourth-order valence-corrected chi connectivity index (χ4v) is 3.49. The number of fused-ring (bicyclic) bond motifs is 1. The summed E-state index contributed by atoms with van der Waals surface area (Å²) in [5.74, 6) is -1.71. The molecule has 1 heterocycles. The molecule has 2 rings (SSSR count). The highest BCUT2D eigenvalue weighted by atomic mass is 35.5.